The highest BCUT2D eigenvalue weighted by Gasteiger charge is 2.13. The van der Waals surface area contributed by atoms with Crippen molar-refractivity contribution in [3.8, 4) is 11.1 Å². The fourth-order valence-corrected chi connectivity index (χ4v) is 2.57. The summed E-state index contributed by atoms with van der Waals surface area (Å²) >= 11 is 0. The molecule has 88 valence electrons. The van der Waals surface area contributed by atoms with Gasteiger partial charge in [-0.1, -0.05) is 24.3 Å². The van der Waals surface area contributed by atoms with E-state index < -0.39 is 9.84 Å². The van der Waals surface area contributed by atoms with Gasteiger partial charge in [0, 0.05) is 29.3 Å². The molecule has 17 heavy (non-hydrogen) atoms. The quantitative estimate of drug-likeness (QED) is 0.819. The van der Waals surface area contributed by atoms with Crippen molar-refractivity contribution in [2.24, 2.45) is 0 Å². The van der Waals surface area contributed by atoms with E-state index in [1.807, 2.05) is 25.1 Å². The zero-order valence-electron chi connectivity index (χ0n) is 9.71. The molecule has 0 N–H and O–H groups in total. The summed E-state index contributed by atoms with van der Waals surface area (Å²) in [7, 11) is -3.22. The lowest BCUT2D eigenvalue weighted by Crippen LogP contribution is -1.99. The van der Waals surface area contributed by atoms with Gasteiger partial charge in [0.05, 0.1) is 4.90 Å². The highest BCUT2D eigenvalue weighted by atomic mass is 32.2. The van der Waals surface area contributed by atoms with Crippen LogP contribution in [0.2, 0.25) is 0 Å². The van der Waals surface area contributed by atoms with E-state index in [0.717, 1.165) is 11.3 Å². The highest BCUT2D eigenvalue weighted by Crippen LogP contribution is 2.26. The normalized spacial score (nSPS) is 11.4. The van der Waals surface area contributed by atoms with Crippen molar-refractivity contribution < 1.29 is 8.42 Å². The lowest BCUT2D eigenvalue weighted by atomic mass is 10.1. The molecule has 0 atom stereocenters. The Kier molecular flexibility index (Phi) is 2.98. The molecule has 2 rings (SSSR count). The van der Waals surface area contributed by atoms with Gasteiger partial charge in [0.1, 0.15) is 0 Å². The average Bonchev–Trinajstić information content (AvgIpc) is 2.29. The van der Waals surface area contributed by atoms with Gasteiger partial charge in [0.15, 0.2) is 9.84 Å². The average molecular weight is 247 g/mol. The molecule has 0 radical (unpaired) electrons. The number of hydrogen-bond acceptors (Lipinski definition) is 3. The summed E-state index contributed by atoms with van der Waals surface area (Å²) in [5, 5.41) is 0. The van der Waals surface area contributed by atoms with Gasteiger partial charge in [-0.25, -0.2) is 8.42 Å². The molecule has 0 bridgehead atoms. The van der Waals surface area contributed by atoms with E-state index in [2.05, 4.69) is 4.98 Å². The molecule has 0 aliphatic rings. The molecule has 0 saturated carbocycles. The van der Waals surface area contributed by atoms with Crippen LogP contribution in [0, 0.1) is 6.92 Å². The molecule has 0 unspecified atom stereocenters. The second-order valence-corrected chi connectivity index (χ2v) is 5.94. The van der Waals surface area contributed by atoms with Crippen LogP contribution in [0.25, 0.3) is 11.1 Å². The monoisotopic (exact) mass is 247 g/mol. The molecule has 4 heteroatoms. The van der Waals surface area contributed by atoms with E-state index >= 15 is 0 Å². The van der Waals surface area contributed by atoms with Crippen molar-refractivity contribution in [2.75, 3.05) is 6.26 Å². The van der Waals surface area contributed by atoms with Crippen molar-refractivity contribution in [3.05, 3.63) is 48.3 Å². The van der Waals surface area contributed by atoms with Gasteiger partial charge in [-0.05, 0) is 19.1 Å². The number of aryl methyl sites for hydroxylation is 1. The van der Waals surface area contributed by atoms with E-state index in [1.165, 1.54) is 6.26 Å². The summed E-state index contributed by atoms with van der Waals surface area (Å²) in [6, 6.07) is 10.7. The number of benzene rings is 1. The third-order valence-electron chi connectivity index (χ3n) is 2.51. The summed E-state index contributed by atoms with van der Waals surface area (Å²) in [5.41, 5.74) is 2.42. The highest BCUT2D eigenvalue weighted by molar-refractivity contribution is 7.90. The topological polar surface area (TPSA) is 47.0 Å². The first-order chi connectivity index (χ1) is 7.98. The lowest BCUT2D eigenvalue weighted by molar-refractivity contribution is 0.602. The van der Waals surface area contributed by atoms with E-state index in [0.29, 0.717) is 10.5 Å². The van der Waals surface area contributed by atoms with Gasteiger partial charge < -0.3 is 0 Å². The van der Waals surface area contributed by atoms with Crippen LogP contribution in [0.4, 0.5) is 0 Å². The SMILES string of the molecule is Cc1ccc(-c2ccccc2S(C)(=O)=O)cn1. The van der Waals surface area contributed by atoms with E-state index in [1.54, 1.807) is 24.4 Å². The smallest absolute Gasteiger partial charge is 0.176 e. The van der Waals surface area contributed by atoms with E-state index in [9.17, 15) is 8.42 Å². The van der Waals surface area contributed by atoms with Crippen LogP contribution in [0.1, 0.15) is 5.69 Å². The van der Waals surface area contributed by atoms with E-state index in [4.69, 9.17) is 0 Å². The molecule has 0 saturated heterocycles. The second kappa shape index (κ2) is 4.30. The van der Waals surface area contributed by atoms with Crippen LogP contribution in [0.3, 0.4) is 0 Å². The summed E-state index contributed by atoms with van der Waals surface area (Å²) in [6.07, 6.45) is 2.91. The maximum absolute atomic E-state index is 11.7. The fourth-order valence-electron chi connectivity index (χ4n) is 1.66. The Bertz CT molecular complexity index is 631. The summed E-state index contributed by atoms with van der Waals surface area (Å²) in [4.78, 5) is 4.52. The predicted octanol–water partition coefficient (Wildman–Crippen LogP) is 2.46. The number of rotatable bonds is 2. The zero-order valence-corrected chi connectivity index (χ0v) is 10.5. The Hall–Kier alpha value is -1.68. The molecule has 1 aromatic heterocycles. The summed E-state index contributed by atoms with van der Waals surface area (Å²) < 4.78 is 23.3. The van der Waals surface area contributed by atoms with Crippen LogP contribution in [-0.2, 0) is 9.84 Å². The van der Waals surface area contributed by atoms with Crippen LogP contribution >= 0.6 is 0 Å². The zero-order chi connectivity index (χ0) is 12.5. The summed E-state index contributed by atoms with van der Waals surface area (Å²) in [5.74, 6) is 0. The molecule has 0 aliphatic carbocycles. The van der Waals surface area contributed by atoms with Crippen molar-refractivity contribution in [2.45, 2.75) is 11.8 Å². The molecular weight excluding hydrogens is 234 g/mol. The van der Waals surface area contributed by atoms with Gasteiger partial charge in [-0.3, -0.25) is 4.98 Å². The van der Waals surface area contributed by atoms with Crippen molar-refractivity contribution in [3.63, 3.8) is 0 Å². The van der Waals surface area contributed by atoms with Gasteiger partial charge in [-0.15, -0.1) is 0 Å². The second-order valence-electron chi connectivity index (χ2n) is 3.96. The molecule has 0 amide bonds. The molecular formula is C13H13NO2S. The largest absolute Gasteiger partial charge is 0.261 e. The minimum atomic E-state index is -3.22. The molecule has 0 aliphatic heterocycles. The Morgan fingerprint density at radius 1 is 1.06 bits per heavy atom. The van der Waals surface area contributed by atoms with Crippen LogP contribution in [-0.4, -0.2) is 19.7 Å². The number of pyridine rings is 1. The third-order valence-corrected chi connectivity index (χ3v) is 3.66. The maximum atomic E-state index is 11.7. The van der Waals surface area contributed by atoms with Crippen LogP contribution in [0.15, 0.2) is 47.5 Å². The lowest BCUT2D eigenvalue weighted by Gasteiger charge is -2.07. The van der Waals surface area contributed by atoms with Gasteiger partial charge in [0.2, 0.25) is 0 Å². The van der Waals surface area contributed by atoms with Crippen LogP contribution < -0.4 is 0 Å². The van der Waals surface area contributed by atoms with Gasteiger partial charge in [-0.2, -0.15) is 0 Å². The Balaban J connectivity index is 2.64. The van der Waals surface area contributed by atoms with Gasteiger partial charge in [0.25, 0.3) is 0 Å². The third kappa shape index (κ3) is 2.53. The Labute approximate surface area is 101 Å². The number of hydrogen-bond donors (Lipinski definition) is 0. The number of sulfone groups is 1. The van der Waals surface area contributed by atoms with Crippen molar-refractivity contribution in [1.29, 1.82) is 0 Å². The first-order valence-corrected chi connectivity index (χ1v) is 7.10. The van der Waals surface area contributed by atoms with Crippen LogP contribution in [0.5, 0.6) is 0 Å². The predicted molar refractivity (Wildman–Crippen MR) is 67.5 cm³/mol. The standard InChI is InChI=1S/C13H13NO2S/c1-10-7-8-11(9-14-10)12-5-3-4-6-13(12)17(2,15)16/h3-9H,1-2H3. The first-order valence-electron chi connectivity index (χ1n) is 5.20. The van der Waals surface area contributed by atoms with Crippen molar-refractivity contribution >= 4 is 9.84 Å². The van der Waals surface area contributed by atoms with E-state index in [-0.39, 0.29) is 0 Å². The Morgan fingerprint density at radius 2 is 1.76 bits per heavy atom. The molecule has 3 nitrogen and oxygen atoms in total. The minimum Gasteiger partial charge on any atom is -0.261 e. The molecule has 0 fully saturated rings. The fraction of sp³-hybridized carbons (Fsp3) is 0.154. The Morgan fingerprint density at radius 3 is 2.35 bits per heavy atom. The maximum Gasteiger partial charge on any atom is 0.176 e. The minimum absolute atomic E-state index is 0.339. The van der Waals surface area contributed by atoms with Gasteiger partial charge >= 0.3 is 0 Å². The molecule has 1 aromatic carbocycles. The first kappa shape index (κ1) is 11.8. The molecule has 0 spiro atoms. The number of nitrogens with zero attached hydrogens (tertiary/aromatic N) is 1. The number of aromatic nitrogens is 1. The molecule has 1 heterocycles. The van der Waals surface area contributed by atoms with Crippen molar-refractivity contribution in [1.82, 2.24) is 4.98 Å². The summed E-state index contributed by atoms with van der Waals surface area (Å²) in [6.45, 7) is 1.90. The molecule has 2 aromatic rings.